The molecule has 0 radical (unpaired) electrons. The molecule has 6 heteroatoms. The smallest absolute Gasteiger partial charge is 0.259 e. The SMILES string of the molecule is O=C(c1ccoc1Cl)N1C[C@H](O)C[C@@H]1c1ccc(F)cc1. The van der Waals surface area contributed by atoms with E-state index >= 15 is 0 Å². The molecule has 0 unspecified atom stereocenters. The number of aliphatic hydroxyl groups is 1. The number of halogens is 2. The Hall–Kier alpha value is -1.85. The molecule has 2 atom stereocenters. The molecule has 1 saturated heterocycles. The lowest BCUT2D eigenvalue weighted by molar-refractivity contribution is 0.0715. The van der Waals surface area contributed by atoms with E-state index < -0.39 is 6.10 Å². The van der Waals surface area contributed by atoms with Crippen LogP contribution in [0.25, 0.3) is 0 Å². The average molecular weight is 310 g/mol. The molecule has 0 spiro atoms. The minimum absolute atomic E-state index is 0.0271. The normalized spacial score (nSPS) is 21.8. The molecule has 0 aliphatic carbocycles. The van der Waals surface area contributed by atoms with E-state index in [1.165, 1.54) is 29.4 Å². The van der Waals surface area contributed by atoms with Crippen LogP contribution in [0.1, 0.15) is 28.4 Å². The number of aliphatic hydroxyl groups excluding tert-OH is 1. The summed E-state index contributed by atoms with van der Waals surface area (Å²) in [6, 6.07) is 7.11. The number of hydrogen-bond acceptors (Lipinski definition) is 3. The topological polar surface area (TPSA) is 53.7 Å². The van der Waals surface area contributed by atoms with E-state index in [-0.39, 0.29) is 35.1 Å². The molecule has 4 nitrogen and oxygen atoms in total. The van der Waals surface area contributed by atoms with Crippen molar-refractivity contribution in [2.75, 3.05) is 6.54 Å². The van der Waals surface area contributed by atoms with Gasteiger partial charge in [-0.05, 0) is 41.8 Å². The number of amides is 1. The maximum atomic E-state index is 13.0. The second-order valence-corrected chi connectivity index (χ2v) is 5.37. The molecule has 1 amide bonds. The van der Waals surface area contributed by atoms with Crippen LogP contribution >= 0.6 is 11.6 Å². The Kier molecular flexibility index (Phi) is 3.69. The van der Waals surface area contributed by atoms with Crippen LogP contribution in [0.5, 0.6) is 0 Å². The summed E-state index contributed by atoms with van der Waals surface area (Å²) in [7, 11) is 0. The Morgan fingerprint density at radius 2 is 2.05 bits per heavy atom. The summed E-state index contributed by atoms with van der Waals surface area (Å²) >= 11 is 5.84. The molecular weight excluding hydrogens is 297 g/mol. The number of hydrogen-bond donors (Lipinski definition) is 1. The van der Waals surface area contributed by atoms with E-state index in [2.05, 4.69) is 0 Å². The highest BCUT2D eigenvalue weighted by Crippen LogP contribution is 2.34. The summed E-state index contributed by atoms with van der Waals surface area (Å²) in [6.45, 7) is 0.211. The van der Waals surface area contributed by atoms with Crippen molar-refractivity contribution in [1.82, 2.24) is 4.90 Å². The summed E-state index contributed by atoms with van der Waals surface area (Å²) in [4.78, 5) is 14.1. The Labute approximate surface area is 125 Å². The number of benzene rings is 1. The first-order valence-corrected chi connectivity index (χ1v) is 6.91. The van der Waals surface area contributed by atoms with Crippen molar-refractivity contribution in [3.63, 3.8) is 0 Å². The van der Waals surface area contributed by atoms with Crippen molar-refractivity contribution < 1.29 is 18.7 Å². The highest BCUT2D eigenvalue weighted by Gasteiger charge is 2.36. The fraction of sp³-hybridized carbons (Fsp3) is 0.267. The average Bonchev–Trinajstić information content (AvgIpc) is 3.05. The molecule has 21 heavy (non-hydrogen) atoms. The van der Waals surface area contributed by atoms with Crippen LogP contribution in [0.4, 0.5) is 4.39 Å². The lowest BCUT2D eigenvalue weighted by atomic mass is 10.0. The second-order valence-electron chi connectivity index (χ2n) is 5.02. The van der Waals surface area contributed by atoms with E-state index in [9.17, 15) is 14.3 Å². The van der Waals surface area contributed by atoms with Crippen LogP contribution < -0.4 is 0 Å². The Morgan fingerprint density at radius 1 is 1.33 bits per heavy atom. The van der Waals surface area contributed by atoms with Gasteiger partial charge in [0.25, 0.3) is 5.91 Å². The molecule has 1 aromatic heterocycles. The van der Waals surface area contributed by atoms with Crippen LogP contribution in [-0.4, -0.2) is 28.6 Å². The molecule has 1 fully saturated rings. The molecule has 110 valence electrons. The molecule has 2 heterocycles. The molecule has 1 aliphatic rings. The van der Waals surface area contributed by atoms with Gasteiger partial charge in [-0.25, -0.2) is 4.39 Å². The molecule has 1 N–H and O–H groups in total. The number of nitrogens with zero attached hydrogens (tertiary/aromatic N) is 1. The highest BCUT2D eigenvalue weighted by atomic mass is 35.5. The number of furan rings is 1. The van der Waals surface area contributed by atoms with E-state index in [4.69, 9.17) is 16.0 Å². The molecule has 0 bridgehead atoms. The summed E-state index contributed by atoms with van der Waals surface area (Å²) < 4.78 is 18.0. The van der Waals surface area contributed by atoms with Gasteiger partial charge in [-0.3, -0.25) is 4.79 Å². The quantitative estimate of drug-likeness (QED) is 0.927. The highest BCUT2D eigenvalue weighted by molar-refractivity contribution is 6.32. The third kappa shape index (κ3) is 2.66. The van der Waals surface area contributed by atoms with Crippen LogP contribution in [0, 0.1) is 5.82 Å². The lowest BCUT2D eigenvalue weighted by Gasteiger charge is -2.24. The van der Waals surface area contributed by atoms with Gasteiger partial charge in [-0.2, -0.15) is 0 Å². The number of rotatable bonds is 2. The van der Waals surface area contributed by atoms with Gasteiger partial charge in [0.2, 0.25) is 5.22 Å². The number of likely N-dealkylation sites (tertiary alicyclic amines) is 1. The fourth-order valence-corrected chi connectivity index (χ4v) is 2.84. The molecule has 2 aromatic rings. The lowest BCUT2D eigenvalue weighted by Crippen LogP contribution is -2.31. The van der Waals surface area contributed by atoms with E-state index in [1.807, 2.05) is 0 Å². The van der Waals surface area contributed by atoms with Crippen molar-refractivity contribution in [1.29, 1.82) is 0 Å². The van der Waals surface area contributed by atoms with Crippen molar-refractivity contribution >= 4 is 17.5 Å². The van der Waals surface area contributed by atoms with Crippen LogP contribution in [0.2, 0.25) is 5.22 Å². The van der Waals surface area contributed by atoms with Crippen molar-refractivity contribution in [3.8, 4) is 0 Å². The largest absolute Gasteiger partial charge is 0.452 e. The predicted molar refractivity (Wildman–Crippen MR) is 74.5 cm³/mol. The first-order valence-electron chi connectivity index (χ1n) is 6.53. The summed E-state index contributed by atoms with van der Waals surface area (Å²) in [6.07, 6.45) is 1.14. The third-order valence-corrected chi connectivity index (χ3v) is 3.94. The van der Waals surface area contributed by atoms with Gasteiger partial charge in [0.15, 0.2) is 0 Å². The van der Waals surface area contributed by atoms with Crippen LogP contribution in [0.3, 0.4) is 0 Å². The van der Waals surface area contributed by atoms with Crippen molar-refractivity contribution in [2.24, 2.45) is 0 Å². The van der Waals surface area contributed by atoms with Gasteiger partial charge < -0.3 is 14.4 Å². The van der Waals surface area contributed by atoms with E-state index in [0.29, 0.717) is 6.42 Å². The van der Waals surface area contributed by atoms with Gasteiger partial charge >= 0.3 is 0 Å². The zero-order valence-electron chi connectivity index (χ0n) is 11.0. The minimum atomic E-state index is -0.616. The van der Waals surface area contributed by atoms with Crippen molar-refractivity contribution in [3.05, 3.63) is 58.8 Å². The number of β-amino-alcohol motifs (C(OH)–C–C–N with tert-alkyl or cyclic N) is 1. The van der Waals surface area contributed by atoms with Crippen molar-refractivity contribution in [2.45, 2.75) is 18.6 Å². The Balaban J connectivity index is 1.91. The second kappa shape index (κ2) is 5.50. The van der Waals surface area contributed by atoms with Gasteiger partial charge in [0.05, 0.1) is 24.0 Å². The maximum absolute atomic E-state index is 13.0. The molecular formula is C15H13ClFNO3. The molecule has 0 saturated carbocycles. The maximum Gasteiger partial charge on any atom is 0.259 e. The first-order chi connectivity index (χ1) is 10.1. The van der Waals surface area contributed by atoms with Gasteiger partial charge in [0.1, 0.15) is 5.82 Å². The number of carbonyl (C=O) groups is 1. The van der Waals surface area contributed by atoms with Gasteiger partial charge in [-0.1, -0.05) is 12.1 Å². The van der Waals surface area contributed by atoms with Crippen LogP contribution in [0.15, 0.2) is 41.0 Å². The van der Waals surface area contributed by atoms with Gasteiger partial charge in [-0.15, -0.1) is 0 Å². The summed E-state index contributed by atoms with van der Waals surface area (Å²) in [5.74, 6) is -0.646. The predicted octanol–water partition coefficient (Wildman–Crippen LogP) is 3.02. The monoisotopic (exact) mass is 309 g/mol. The Morgan fingerprint density at radius 3 is 2.67 bits per heavy atom. The third-order valence-electron chi connectivity index (χ3n) is 3.64. The molecule has 1 aliphatic heterocycles. The van der Waals surface area contributed by atoms with Gasteiger partial charge in [0, 0.05) is 6.54 Å². The zero-order valence-corrected chi connectivity index (χ0v) is 11.8. The van der Waals surface area contributed by atoms with E-state index in [1.54, 1.807) is 12.1 Å². The molecule has 1 aromatic carbocycles. The summed E-state index contributed by atoms with van der Waals surface area (Å²) in [5.41, 5.74) is 1.04. The standard InChI is InChI=1S/C15H13ClFNO3/c16-14-12(5-6-21-14)15(20)18-8-11(19)7-13(18)9-1-3-10(17)4-2-9/h1-6,11,13,19H,7-8H2/t11-,13-/m1/s1. The first kappa shape index (κ1) is 14.1. The zero-order chi connectivity index (χ0) is 15.0. The molecule has 3 rings (SSSR count). The summed E-state index contributed by atoms with van der Waals surface area (Å²) in [5, 5.41) is 9.90. The number of carbonyl (C=O) groups excluding carboxylic acids is 1. The fourth-order valence-electron chi connectivity index (χ4n) is 2.64. The van der Waals surface area contributed by atoms with E-state index in [0.717, 1.165) is 5.56 Å². The Bertz CT molecular complexity index is 655. The van der Waals surface area contributed by atoms with Crippen LogP contribution in [-0.2, 0) is 0 Å². The minimum Gasteiger partial charge on any atom is -0.452 e.